The maximum Gasteiger partial charge on any atom is 0.347 e. The van der Waals surface area contributed by atoms with Crippen molar-refractivity contribution in [3.8, 4) is 0 Å². The fourth-order valence-corrected chi connectivity index (χ4v) is 2.80. The van der Waals surface area contributed by atoms with E-state index in [1.165, 1.54) is 10.8 Å². The Bertz CT molecular complexity index is 537. The number of hydrogen-bond donors (Lipinski definition) is 0. The van der Waals surface area contributed by atoms with Gasteiger partial charge in [0.15, 0.2) is 0 Å². The Morgan fingerprint density at radius 1 is 1.53 bits per heavy atom. The van der Waals surface area contributed by atoms with Crippen LogP contribution in [0.4, 0.5) is 0 Å². The van der Waals surface area contributed by atoms with E-state index in [2.05, 4.69) is 20.9 Å². The van der Waals surface area contributed by atoms with Crippen LogP contribution in [0.2, 0.25) is 5.02 Å². The molecule has 15 heavy (non-hydrogen) atoms. The fraction of sp³-hybridized carbons (Fsp3) is 0.111. The molecule has 0 aromatic carbocycles. The molecule has 0 aliphatic heterocycles. The lowest BCUT2D eigenvalue weighted by Gasteiger charge is -2.02. The van der Waals surface area contributed by atoms with Gasteiger partial charge in [0.25, 0.3) is 0 Å². The van der Waals surface area contributed by atoms with Crippen LogP contribution < -0.4 is 5.69 Å². The summed E-state index contributed by atoms with van der Waals surface area (Å²) in [7, 11) is 0. The lowest BCUT2D eigenvalue weighted by molar-refractivity contribution is 0.736. The lowest BCUT2D eigenvalue weighted by Crippen LogP contribution is -2.21. The van der Waals surface area contributed by atoms with Crippen molar-refractivity contribution in [1.82, 2.24) is 9.55 Å². The minimum atomic E-state index is -0.288. The number of nitrogens with zero attached hydrogens (tertiary/aromatic N) is 2. The van der Waals surface area contributed by atoms with Gasteiger partial charge in [0.05, 0.1) is 21.6 Å². The molecule has 2 aromatic heterocycles. The van der Waals surface area contributed by atoms with Crippen LogP contribution in [-0.4, -0.2) is 9.55 Å². The van der Waals surface area contributed by atoms with Crippen molar-refractivity contribution in [2.45, 2.75) is 6.54 Å². The van der Waals surface area contributed by atoms with E-state index in [0.717, 1.165) is 8.66 Å². The molecule has 2 rings (SSSR count). The summed E-state index contributed by atoms with van der Waals surface area (Å²) in [6, 6.07) is 3.91. The molecule has 0 bridgehead atoms. The van der Waals surface area contributed by atoms with Crippen molar-refractivity contribution < 1.29 is 0 Å². The minimum Gasteiger partial charge on any atom is -0.292 e. The highest BCUT2D eigenvalue weighted by molar-refractivity contribution is 9.11. The predicted octanol–water partition coefficient (Wildman–Crippen LogP) is 2.77. The first kappa shape index (κ1) is 10.9. The molecule has 0 aliphatic carbocycles. The fourth-order valence-electron chi connectivity index (χ4n) is 1.15. The Morgan fingerprint density at radius 3 is 3.00 bits per heavy atom. The van der Waals surface area contributed by atoms with Gasteiger partial charge in [-0.1, -0.05) is 11.6 Å². The smallest absolute Gasteiger partial charge is 0.292 e. The van der Waals surface area contributed by atoms with Gasteiger partial charge in [-0.15, -0.1) is 11.3 Å². The third-order valence-electron chi connectivity index (χ3n) is 1.78. The Hall–Kier alpha value is -0.650. The third kappa shape index (κ3) is 2.68. The molecule has 78 valence electrons. The summed E-state index contributed by atoms with van der Waals surface area (Å²) in [4.78, 5) is 16.1. The molecule has 2 aromatic rings. The van der Waals surface area contributed by atoms with Gasteiger partial charge in [-0.25, -0.2) is 9.78 Å². The highest BCUT2D eigenvalue weighted by Crippen LogP contribution is 2.22. The van der Waals surface area contributed by atoms with Crippen molar-refractivity contribution in [2.24, 2.45) is 0 Å². The van der Waals surface area contributed by atoms with E-state index in [0.29, 0.717) is 11.6 Å². The molecule has 0 atom stereocenters. The first-order valence-corrected chi connectivity index (χ1v) is 6.10. The summed E-state index contributed by atoms with van der Waals surface area (Å²) in [5.41, 5.74) is -0.288. The van der Waals surface area contributed by atoms with Gasteiger partial charge in [0, 0.05) is 11.1 Å². The molecule has 0 radical (unpaired) electrons. The van der Waals surface area contributed by atoms with Gasteiger partial charge in [0.2, 0.25) is 0 Å². The molecular formula is C9H6BrClN2OS. The highest BCUT2D eigenvalue weighted by Gasteiger charge is 2.02. The Balaban J connectivity index is 2.31. The summed E-state index contributed by atoms with van der Waals surface area (Å²) < 4.78 is 2.53. The van der Waals surface area contributed by atoms with Crippen LogP contribution in [0.5, 0.6) is 0 Å². The first-order chi connectivity index (χ1) is 7.15. The minimum absolute atomic E-state index is 0.288. The molecule has 0 amide bonds. The number of thiophene rings is 1. The summed E-state index contributed by atoms with van der Waals surface area (Å²) in [5.74, 6) is 0. The van der Waals surface area contributed by atoms with Crippen molar-refractivity contribution in [2.75, 3.05) is 0 Å². The molecule has 0 N–H and O–H groups in total. The van der Waals surface area contributed by atoms with Gasteiger partial charge in [-0.2, -0.15) is 0 Å². The molecule has 0 spiro atoms. The lowest BCUT2D eigenvalue weighted by atomic mass is 10.4. The topological polar surface area (TPSA) is 34.9 Å². The maximum absolute atomic E-state index is 11.4. The predicted molar refractivity (Wildman–Crippen MR) is 64.6 cm³/mol. The number of rotatable bonds is 2. The number of halogens is 2. The van der Waals surface area contributed by atoms with Crippen LogP contribution in [0, 0.1) is 0 Å². The average molecular weight is 306 g/mol. The molecule has 0 aliphatic rings. The van der Waals surface area contributed by atoms with E-state index in [4.69, 9.17) is 11.6 Å². The molecule has 6 heteroatoms. The summed E-state index contributed by atoms with van der Waals surface area (Å²) >= 11 is 10.7. The van der Waals surface area contributed by atoms with Crippen LogP contribution >= 0.6 is 38.9 Å². The van der Waals surface area contributed by atoms with Crippen LogP contribution in [0.15, 0.2) is 33.1 Å². The van der Waals surface area contributed by atoms with Crippen LogP contribution in [0.25, 0.3) is 0 Å². The van der Waals surface area contributed by atoms with Crippen molar-refractivity contribution in [3.63, 3.8) is 0 Å². The molecule has 0 unspecified atom stereocenters. The van der Waals surface area contributed by atoms with Gasteiger partial charge in [-0.05, 0) is 28.1 Å². The van der Waals surface area contributed by atoms with Crippen molar-refractivity contribution in [1.29, 1.82) is 0 Å². The van der Waals surface area contributed by atoms with Crippen molar-refractivity contribution >= 4 is 38.9 Å². The maximum atomic E-state index is 11.4. The first-order valence-electron chi connectivity index (χ1n) is 4.11. The zero-order valence-corrected chi connectivity index (χ0v) is 10.6. The van der Waals surface area contributed by atoms with E-state index in [1.54, 1.807) is 17.5 Å². The molecular weight excluding hydrogens is 300 g/mol. The van der Waals surface area contributed by atoms with Crippen molar-refractivity contribution in [3.05, 3.63) is 48.7 Å². The van der Waals surface area contributed by atoms with Gasteiger partial charge in [-0.3, -0.25) is 4.57 Å². The van der Waals surface area contributed by atoms with E-state index >= 15 is 0 Å². The molecule has 2 heterocycles. The summed E-state index contributed by atoms with van der Waals surface area (Å²) in [6.45, 7) is 0.503. The van der Waals surface area contributed by atoms with E-state index < -0.39 is 0 Å². The average Bonchev–Trinajstić information content (AvgIpc) is 2.58. The second-order valence-electron chi connectivity index (χ2n) is 2.89. The Kier molecular flexibility index (Phi) is 3.23. The van der Waals surface area contributed by atoms with Gasteiger partial charge < -0.3 is 0 Å². The standard InChI is InChI=1S/C9H6BrClN2OS/c10-8-2-1-7(15-8)5-13-4-6(11)3-12-9(13)14/h1-4H,5H2. The van der Waals surface area contributed by atoms with E-state index in [-0.39, 0.29) is 5.69 Å². The second kappa shape index (κ2) is 4.47. The highest BCUT2D eigenvalue weighted by atomic mass is 79.9. The SMILES string of the molecule is O=c1ncc(Cl)cn1Cc1ccc(Br)s1. The van der Waals surface area contributed by atoms with E-state index in [9.17, 15) is 4.79 Å². The van der Waals surface area contributed by atoms with Crippen LogP contribution in [0.1, 0.15) is 4.88 Å². The zero-order valence-electron chi connectivity index (χ0n) is 7.48. The van der Waals surface area contributed by atoms with Crippen LogP contribution in [0.3, 0.4) is 0 Å². The largest absolute Gasteiger partial charge is 0.347 e. The quantitative estimate of drug-likeness (QED) is 0.855. The molecule has 0 fully saturated rings. The number of hydrogen-bond acceptors (Lipinski definition) is 3. The monoisotopic (exact) mass is 304 g/mol. The molecule has 3 nitrogen and oxygen atoms in total. The molecule has 0 saturated carbocycles. The summed E-state index contributed by atoms with van der Waals surface area (Å²) in [6.07, 6.45) is 2.94. The van der Waals surface area contributed by atoms with Crippen LogP contribution in [-0.2, 0) is 6.54 Å². The third-order valence-corrected chi connectivity index (χ3v) is 3.58. The van der Waals surface area contributed by atoms with E-state index in [1.807, 2.05) is 12.1 Å². The Morgan fingerprint density at radius 2 is 2.33 bits per heavy atom. The zero-order chi connectivity index (χ0) is 10.8. The Labute approximate surface area is 103 Å². The normalized spacial score (nSPS) is 10.5. The molecule has 0 saturated heterocycles. The second-order valence-corrected chi connectivity index (χ2v) is 5.87. The summed E-state index contributed by atoms with van der Waals surface area (Å²) in [5, 5.41) is 0.463. The van der Waals surface area contributed by atoms with Gasteiger partial charge >= 0.3 is 5.69 Å². The number of aromatic nitrogens is 2. The van der Waals surface area contributed by atoms with Gasteiger partial charge in [0.1, 0.15) is 0 Å².